The van der Waals surface area contributed by atoms with Crippen LogP contribution in [0.4, 0.5) is 0 Å². The maximum Gasteiger partial charge on any atom is 0.247 e. The van der Waals surface area contributed by atoms with Gasteiger partial charge in [0.1, 0.15) is 6.10 Å². The lowest BCUT2D eigenvalue weighted by molar-refractivity contribution is -0.125. The van der Waals surface area contributed by atoms with Gasteiger partial charge in [0, 0.05) is 19.7 Å². The lowest BCUT2D eigenvalue weighted by Gasteiger charge is -2.22. The van der Waals surface area contributed by atoms with Crippen molar-refractivity contribution in [3.63, 3.8) is 0 Å². The van der Waals surface area contributed by atoms with Gasteiger partial charge in [0.2, 0.25) is 5.91 Å². The van der Waals surface area contributed by atoms with Crippen molar-refractivity contribution >= 4 is 5.91 Å². The molecule has 0 radical (unpaired) electrons. The molecule has 5 nitrogen and oxygen atoms in total. The number of nitrogens with one attached hydrogen (secondary N) is 1. The minimum absolute atomic E-state index is 0.228. The van der Waals surface area contributed by atoms with Gasteiger partial charge >= 0.3 is 0 Å². The molecule has 5 heteroatoms. The molecule has 0 spiro atoms. The number of ether oxygens (including phenoxy) is 1. The van der Waals surface area contributed by atoms with Gasteiger partial charge in [-0.1, -0.05) is 0 Å². The first-order chi connectivity index (χ1) is 6.70. The molecule has 1 fully saturated rings. The van der Waals surface area contributed by atoms with Gasteiger partial charge in [-0.05, 0) is 18.8 Å². The third-order valence-electron chi connectivity index (χ3n) is 2.35. The summed E-state index contributed by atoms with van der Waals surface area (Å²) in [6.45, 7) is 2.61. The smallest absolute Gasteiger partial charge is 0.247 e. The van der Waals surface area contributed by atoms with Crippen LogP contribution in [0.25, 0.3) is 0 Å². The van der Waals surface area contributed by atoms with Gasteiger partial charge in [-0.25, -0.2) is 0 Å². The van der Waals surface area contributed by atoms with Crippen LogP contribution in [0.2, 0.25) is 0 Å². The van der Waals surface area contributed by atoms with E-state index in [9.17, 15) is 4.79 Å². The van der Waals surface area contributed by atoms with Crippen molar-refractivity contribution in [2.45, 2.75) is 18.9 Å². The van der Waals surface area contributed by atoms with Gasteiger partial charge in [-0.3, -0.25) is 4.79 Å². The fourth-order valence-corrected chi connectivity index (χ4v) is 1.49. The minimum atomic E-state index is -1.08. The summed E-state index contributed by atoms with van der Waals surface area (Å²) >= 11 is 0. The second kappa shape index (κ2) is 5.95. The molecule has 0 saturated carbocycles. The summed E-state index contributed by atoms with van der Waals surface area (Å²) in [6, 6.07) is 0. The quantitative estimate of drug-likeness (QED) is 0.525. The maximum atomic E-state index is 10.5. The molecular formula is C9H18N2O3. The molecule has 1 amide bonds. The third-order valence-corrected chi connectivity index (χ3v) is 2.35. The molecular weight excluding hydrogens is 184 g/mol. The summed E-state index contributed by atoms with van der Waals surface area (Å²) < 4.78 is 5.29. The monoisotopic (exact) mass is 202 g/mol. The number of hydrogen-bond donors (Lipinski definition) is 3. The number of aliphatic hydroxyl groups excluding tert-OH is 1. The Morgan fingerprint density at radius 1 is 1.71 bits per heavy atom. The predicted molar refractivity (Wildman–Crippen MR) is 51.6 cm³/mol. The van der Waals surface area contributed by atoms with Crippen molar-refractivity contribution in [3.05, 3.63) is 0 Å². The number of carbonyl (C=O) groups is 1. The molecule has 1 aliphatic rings. The standard InChI is InChI=1S/C9H18N2O3/c10-9(13)8(12)5-11-4-7-2-1-3-14-6-7/h7-8,11-12H,1-6H2,(H2,10,13). The number of amides is 1. The highest BCUT2D eigenvalue weighted by Gasteiger charge is 2.15. The Kier molecular flexibility index (Phi) is 4.86. The Labute approximate surface area is 83.6 Å². The van der Waals surface area contributed by atoms with Crippen molar-refractivity contribution in [1.29, 1.82) is 0 Å². The summed E-state index contributed by atoms with van der Waals surface area (Å²) in [5, 5.41) is 12.1. The molecule has 82 valence electrons. The molecule has 0 aliphatic carbocycles. The average molecular weight is 202 g/mol. The van der Waals surface area contributed by atoms with Crippen LogP contribution in [-0.2, 0) is 9.53 Å². The average Bonchev–Trinajstić information content (AvgIpc) is 2.19. The highest BCUT2D eigenvalue weighted by atomic mass is 16.5. The number of aliphatic hydroxyl groups is 1. The highest BCUT2D eigenvalue weighted by Crippen LogP contribution is 2.11. The molecule has 2 unspecified atom stereocenters. The lowest BCUT2D eigenvalue weighted by atomic mass is 10.0. The molecule has 0 aromatic rings. The summed E-state index contributed by atoms with van der Waals surface area (Å²) in [4.78, 5) is 10.5. The number of primary amides is 1. The SMILES string of the molecule is NC(=O)C(O)CNCC1CCCOC1. The van der Waals surface area contributed by atoms with Crippen LogP contribution in [-0.4, -0.2) is 43.4 Å². The zero-order valence-corrected chi connectivity index (χ0v) is 8.24. The zero-order chi connectivity index (χ0) is 10.4. The van der Waals surface area contributed by atoms with E-state index in [-0.39, 0.29) is 6.54 Å². The van der Waals surface area contributed by atoms with Gasteiger partial charge in [-0.2, -0.15) is 0 Å². The second-order valence-corrected chi connectivity index (χ2v) is 3.66. The highest BCUT2D eigenvalue weighted by molar-refractivity contribution is 5.78. The molecule has 2 atom stereocenters. The van der Waals surface area contributed by atoms with E-state index in [1.54, 1.807) is 0 Å². The molecule has 1 saturated heterocycles. The first kappa shape index (κ1) is 11.4. The van der Waals surface area contributed by atoms with Crippen molar-refractivity contribution < 1.29 is 14.6 Å². The molecule has 1 rings (SSSR count). The zero-order valence-electron chi connectivity index (χ0n) is 8.24. The van der Waals surface area contributed by atoms with Gasteiger partial charge < -0.3 is 20.9 Å². The van der Waals surface area contributed by atoms with E-state index in [2.05, 4.69) is 5.32 Å². The summed E-state index contributed by atoms with van der Waals surface area (Å²) in [7, 11) is 0. The minimum Gasteiger partial charge on any atom is -0.382 e. The molecule has 1 aliphatic heterocycles. The van der Waals surface area contributed by atoms with Crippen LogP contribution in [0.5, 0.6) is 0 Å². The summed E-state index contributed by atoms with van der Waals surface area (Å²) in [6.07, 6.45) is 1.14. The van der Waals surface area contributed by atoms with E-state index < -0.39 is 12.0 Å². The molecule has 14 heavy (non-hydrogen) atoms. The Bertz CT molecular complexity index is 181. The van der Waals surface area contributed by atoms with Crippen LogP contribution in [0, 0.1) is 5.92 Å². The van der Waals surface area contributed by atoms with Crippen molar-refractivity contribution in [2.24, 2.45) is 11.7 Å². The van der Waals surface area contributed by atoms with E-state index in [0.29, 0.717) is 5.92 Å². The number of hydrogen-bond acceptors (Lipinski definition) is 4. The van der Waals surface area contributed by atoms with Gasteiger partial charge in [-0.15, -0.1) is 0 Å². The molecule has 0 aromatic heterocycles. The van der Waals surface area contributed by atoms with E-state index in [1.807, 2.05) is 0 Å². The van der Waals surface area contributed by atoms with E-state index in [1.165, 1.54) is 0 Å². The van der Waals surface area contributed by atoms with Crippen molar-refractivity contribution in [3.8, 4) is 0 Å². The fourth-order valence-electron chi connectivity index (χ4n) is 1.49. The van der Waals surface area contributed by atoms with Crippen LogP contribution in [0.15, 0.2) is 0 Å². The molecule has 1 heterocycles. The molecule has 0 bridgehead atoms. The molecule has 0 aromatic carbocycles. The number of rotatable bonds is 5. The van der Waals surface area contributed by atoms with Gasteiger partial charge in [0.05, 0.1) is 6.61 Å². The summed E-state index contributed by atoms with van der Waals surface area (Å²) in [5.74, 6) is -0.193. The van der Waals surface area contributed by atoms with Crippen molar-refractivity contribution in [2.75, 3.05) is 26.3 Å². The lowest BCUT2D eigenvalue weighted by Crippen LogP contribution is -2.40. The van der Waals surface area contributed by atoms with Crippen LogP contribution >= 0.6 is 0 Å². The first-order valence-electron chi connectivity index (χ1n) is 4.96. The topological polar surface area (TPSA) is 84.6 Å². The number of carbonyl (C=O) groups excluding carboxylic acids is 1. The van der Waals surface area contributed by atoms with E-state index in [4.69, 9.17) is 15.6 Å². The van der Waals surface area contributed by atoms with Crippen LogP contribution in [0.3, 0.4) is 0 Å². The van der Waals surface area contributed by atoms with Crippen molar-refractivity contribution in [1.82, 2.24) is 5.32 Å². The van der Waals surface area contributed by atoms with Gasteiger partial charge in [0.15, 0.2) is 0 Å². The third kappa shape index (κ3) is 4.04. The predicted octanol–water partition coefficient (Wildman–Crippen LogP) is -1.15. The Morgan fingerprint density at radius 3 is 3.07 bits per heavy atom. The summed E-state index contributed by atoms with van der Waals surface area (Å²) in [5.41, 5.74) is 4.90. The largest absolute Gasteiger partial charge is 0.382 e. The Balaban J connectivity index is 2.05. The fraction of sp³-hybridized carbons (Fsp3) is 0.889. The maximum absolute atomic E-state index is 10.5. The second-order valence-electron chi connectivity index (χ2n) is 3.66. The van der Waals surface area contributed by atoms with E-state index in [0.717, 1.165) is 32.6 Å². The number of nitrogens with two attached hydrogens (primary N) is 1. The first-order valence-corrected chi connectivity index (χ1v) is 4.96. The van der Waals surface area contributed by atoms with Crippen LogP contribution < -0.4 is 11.1 Å². The Morgan fingerprint density at radius 2 is 2.50 bits per heavy atom. The Hall–Kier alpha value is -0.650. The molecule has 4 N–H and O–H groups in total. The van der Waals surface area contributed by atoms with Gasteiger partial charge in [0.25, 0.3) is 0 Å². The van der Waals surface area contributed by atoms with E-state index >= 15 is 0 Å². The normalized spacial score (nSPS) is 24.5. The van der Waals surface area contributed by atoms with Crippen LogP contribution in [0.1, 0.15) is 12.8 Å².